The highest BCUT2D eigenvalue weighted by atomic mass is 16.4. The molecular formula is C18H18O2. The first-order chi connectivity index (χ1) is 9.49. The van der Waals surface area contributed by atoms with Crippen molar-refractivity contribution in [3.63, 3.8) is 0 Å². The maximum Gasteiger partial charge on any atom is 0.336 e. The zero-order chi connectivity index (χ0) is 14.7. The number of hydrogen-bond acceptors (Lipinski definition) is 1. The number of hydrogen-bond donors (Lipinski definition) is 1. The Hall–Kier alpha value is -2.35. The van der Waals surface area contributed by atoms with E-state index >= 15 is 0 Å². The van der Waals surface area contributed by atoms with E-state index in [0.717, 1.165) is 16.7 Å². The average molecular weight is 266 g/mol. The second-order valence-electron chi connectivity index (χ2n) is 5.02. The van der Waals surface area contributed by atoms with Crippen LogP contribution in [0.2, 0.25) is 0 Å². The molecule has 0 saturated heterocycles. The van der Waals surface area contributed by atoms with E-state index in [4.69, 9.17) is 0 Å². The molecule has 0 unspecified atom stereocenters. The van der Waals surface area contributed by atoms with Gasteiger partial charge in [0.25, 0.3) is 0 Å². The summed E-state index contributed by atoms with van der Waals surface area (Å²) in [6.45, 7) is 6.10. The van der Waals surface area contributed by atoms with Crippen LogP contribution >= 0.6 is 0 Å². The van der Waals surface area contributed by atoms with E-state index in [1.54, 1.807) is 6.08 Å². The summed E-state index contributed by atoms with van der Waals surface area (Å²) in [6.07, 6.45) is 1.75. The Balaban J connectivity index is 2.56. The van der Waals surface area contributed by atoms with Crippen LogP contribution in [-0.2, 0) is 4.79 Å². The van der Waals surface area contributed by atoms with Crippen molar-refractivity contribution in [1.82, 2.24) is 0 Å². The van der Waals surface area contributed by atoms with Crippen molar-refractivity contribution in [2.75, 3.05) is 0 Å². The molecule has 0 aliphatic rings. The molecule has 0 aliphatic carbocycles. The maximum absolute atomic E-state index is 11.5. The number of aryl methyl sites for hydroxylation is 3. The first-order valence-electron chi connectivity index (χ1n) is 6.57. The van der Waals surface area contributed by atoms with E-state index in [9.17, 15) is 9.90 Å². The molecule has 0 spiro atoms. The molecule has 2 heteroatoms. The number of carboxylic acids is 1. The summed E-state index contributed by atoms with van der Waals surface area (Å²) in [5.41, 5.74) is 5.46. The van der Waals surface area contributed by atoms with Gasteiger partial charge in [0.05, 0.1) is 5.57 Å². The van der Waals surface area contributed by atoms with E-state index in [1.165, 1.54) is 11.1 Å². The SMILES string of the molecule is Cc1cc(C)c(/C=C(\C(=O)O)c2ccccc2)cc1C. The Morgan fingerprint density at radius 1 is 0.950 bits per heavy atom. The van der Waals surface area contributed by atoms with Crippen molar-refractivity contribution in [2.45, 2.75) is 20.8 Å². The van der Waals surface area contributed by atoms with Crippen molar-refractivity contribution in [1.29, 1.82) is 0 Å². The molecule has 102 valence electrons. The zero-order valence-corrected chi connectivity index (χ0v) is 12.0. The van der Waals surface area contributed by atoms with E-state index < -0.39 is 5.97 Å². The largest absolute Gasteiger partial charge is 0.478 e. The van der Waals surface area contributed by atoms with E-state index in [0.29, 0.717) is 5.57 Å². The van der Waals surface area contributed by atoms with Crippen molar-refractivity contribution >= 4 is 17.6 Å². The molecule has 0 heterocycles. The zero-order valence-electron chi connectivity index (χ0n) is 12.0. The van der Waals surface area contributed by atoms with E-state index in [-0.39, 0.29) is 0 Å². The van der Waals surface area contributed by atoms with Gasteiger partial charge < -0.3 is 5.11 Å². The summed E-state index contributed by atoms with van der Waals surface area (Å²) in [7, 11) is 0. The summed E-state index contributed by atoms with van der Waals surface area (Å²) < 4.78 is 0. The predicted octanol–water partition coefficient (Wildman–Crippen LogP) is 4.24. The number of rotatable bonds is 3. The van der Waals surface area contributed by atoms with Gasteiger partial charge in [-0.3, -0.25) is 0 Å². The van der Waals surface area contributed by atoms with Gasteiger partial charge in [-0.15, -0.1) is 0 Å². The molecule has 2 nitrogen and oxygen atoms in total. The van der Waals surface area contributed by atoms with Gasteiger partial charge in [-0.25, -0.2) is 4.79 Å². The first kappa shape index (κ1) is 14.1. The van der Waals surface area contributed by atoms with Crippen LogP contribution in [0.5, 0.6) is 0 Å². The second kappa shape index (κ2) is 5.74. The third-order valence-corrected chi connectivity index (χ3v) is 3.50. The van der Waals surface area contributed by atoms with Crippen molar-refractivity contribution in [2.24, 2.45) is 0 Å². The van der Waals surface area contributed by atoms with Crippen LogP contribution in [0.4, 0.5) is 0 Å². The van der Waals surface area contributed by atoms with Gasteiger partial charge in [0, 0.05) is 0 Å². The van der Waals surface area contributed by atoms with Gasteiger partial charge in [-0.2, -0.15) is 0 Å². The van der Waals surface area contributed by atoms with Crippen LogP contribution in [0.15, 0.2) is 42.5 Å². The molecule has 20 heavy (non-hydrogen) atoms. The molecule has 0 bridgehead atoms. The van der Waals surface area contributed by atoms with Crippen LogP contribution in [-0.4, -0.2) is 11.1 Å². The molecular weight excluding hydrogens is 248 g/mol. The second-order valence-corrected chi connectivity index (χ2v) is 5.02. The lowest BCUT2D eigenvalue weighted by Crippen LogP contribution is -2.00. The van der Waals surface area contributed by atoms with Crippen LogP contribution in [0.1, 0.15) is 27.8 Å². The van der Waals surface area contributed by atoms with Crippen LogP contribution in [0.25, 0.3) is 11.6 Å². The Morgan fingerprint density at radius 2 is 1.55 bits per heavy atom. The summed E-state index contributed by atoms with van der Waals surface area (Å²) in [6, 6.07) is 13.3. The smallest absolute Gasteiger partial charge is 0.336 e. The van der Waals surface area contributed by atoms with Gasteiger partial charge in [-0.05, 0) is 54.7 Å². The fourth-order valence-corrected chi connectivity index (χ4v) is 2.18. The van der Waals surface area contributed by atoms with Gasteiger partial charge in [0.2, 0.25) is 0 Å². The molecule has 0 amide bonds. The van der Waals surface area contributed by atoms with Crippen molar-refractivity contribution in [3.05, 3.63) is 70.3 Å². The lowest BCUT2D eigenvalue weighted by Gasteiger charge is -2.08. The minimum atomic E-state index is -0.908. The third-order valence-electron chi connectivity index (χ3n) is 3.50. The topological polar surface area (TPSA) is 37.3 Å². The average Bonchev–Trinajstić information content (AvgIpc) is 2.42. The highest BCUT2D eigenvalue weighted by Gasteiger charge is 2.11. The molecule has 0 atom stereocenters. The highest BCUT2D eigenvalue weighted by molar-refractivity contribution is 6.20. The predicted molar refractivity (Wildman–Crippen MR) is 82.6 cm³/mol. The summed E-state index contributed by atoms with van der Waals surface area (Å²) in [5.74, 6) is -0.908. The molecule has 2 rings (SSSR count). The van der Waals surface area contributed by atoms with Crippen molar-refractivity contribution in [3.8, 4) is 0 Å². The van der Waals surface area contributed by atoms with Crippen LogP contribution in [0, 0.1) is 20.8 Å². The highest BCUT2D eigenvalue weighted by Crippen LogP contribution is 2.22. The monoisotopic (exact) mass is 266 g/mol. The van der Waals surface area contributed by atoms with E-state index in [1.807, 2.05) is 50.2 Å². The Kier molecular flexibility index (Phi) is 4.04. The van der Waals surface area contributed by atoms with E-state index in [2.05, 4.69) is 13.0 Å². The van der Waals surface area contributed by atoms with Gasteiger partial charge in [-0.1, -0.05) is 42.5 Å². The molecule has 1 N–H and O–H groups in total. The molecule has 0 aromatic heterocycles. The Labute approximate surface area is 119 Å². The number of benzene rings is 2. The quantitative estimate of drug-likeness (QED) is 0.666. The molecule has 0 saturated carbocycles. The molecule has 0 fully saturated rings. The van der Waals surface area contributed by atoms with Gasteiger partial charge in [0.1, 0.15) is 0 Å². The third kappa shape index (κ3) is 2.97. The van der Waals surface area contributed by atoms with Crippen LogP contribution in [0.3, 0.4) is 0 Å². The molecule has 2 aromatic carbocycles. The molecule has 0 radical (unpaired) electrons. The normalized spacial score (nSPS) is 11.4. The molecule has 2 aromatic rings. The standard InChI is InChI=1S/C18H18O2/c1-12-9-14(3)16(10-13(12)2)11-17(18(19)20)15-7-5-4-6-8-15/h4-11H,1-3H3,(H,19,20)/b17-11-. The summed E-state index contributed by atoms with van der Waals surface area (Å²) >= 11 is 0. The lowest BCUT2D eigenvalue weighted by molar-refractivity contribution is -0.130. The summed E-state index contributed by atoms with van der Waals surface area (Å²) in [5, 5.41) is 9.43. The van der Waals surface area contributed by atoms with Gasteiger partial charge in [0.15, 0.2) is 0 Å². The number of aliphatic carboxylic acids is 1. The van der Waals surface area contributed by atoms with Gasteiger partial charge >= 0.3 is 5.97 Å². The first-order valence-corrected chi connectivity index (χ1v) is 6.57. The van der Waals surface area contributed by atoms with Crippen LogP contribution < -0.4 is 0 Å². The van der Waals surface area contributed by atoms with Crippen molar-refractivity contribution < 1.29 is 9.90 Å². The minimum absolute atomic E-state index is 0.317. The Morgan fingerprint density at radius 3 is 2.15 bits per heavy atom. The fourth-order valence-electron chi connectivity index (χ4n) is 2.18. The number of carbonyl (C=O) groups is 1. The Bertz CT molecular complexity index is 667. The lowest BCUT2D eigenvalue weighted by atomic mass is 9.97. The fraction of sp³-hybridized carbons (Fsp3) is 0.167. The minimum Gasteiger partial charge on any atom is -0.478 e. The number of carboxylic acid groups (broad SMARTS) is 1. The maximum atomic E-state index is 11.5. The molecule has 0 aliphatic heterocycles. The summed E-state index contributed by atoms with van der Waals surface area (Å²) in [4.78, 5) is 11.5.